The Bertz CT molecular complexity index is 4620. The maximum Gasteiger partial charge on any atom is 0.140 e. The molecular weight excluding hydrogens is 924 g/mol. The maximum absolute atomic E-state index is 13.5. The van der Waals surface area contributed by atoms with Gasteiger partial charge in [0, 0.05) is 62.6 Å². The van der Waals surface area contributed by atoms with Crippen LogP contribution in [0.15, 0.2) is 0 Å². The van der Waals surface area contributed by atoms with Gasteiger partial charge in [-0.3, -0.25) is 0 Å². The van der Waals surface area contributed by atoms with E-state index in [2.05, 4.69) is 112 Å². The number of rotatable bonds is 1. The van der Waals surface area contributed by atoms with Crippen LogP contribution < -0.4 is 5.46 Å². The van der Waals surface area contributed by atoms with Crippen molar-refractivity contribution < 1.29 is 20.4 Å². The largest absolute Gasteiger partial charge is 0.507 e. The van der Waals surface area contributed by atoms with E-state index in [1.807, 2.05) is 0 Å². The third kappa shape index (κ3) is 4.63. The predicted molar refractivity (Wildman–Crippen MR) is 314 cm³/mol. The zero-order valence-corrected chi connectivity index (χ0v) is 46.5. The summed E-state index contributed by atoms with van der Waals surface area (Å²) in [6.45, 7) is 33.5. The second kappa shape index (κ2) is 13.7. The fourth-order valence-electron chi connectivity index (χ4n) is 16.6. The van der Waals surface area contributed by atoms with Crippen LogP contribution >= 0.6 is 11.3 Å². The number of fused-ring (bicyclic) bond motifs is 2. The quantitative estimate of drug-likeness (QED) is 0.0976. The number of phenolic OH excluding ortho intramolecular Hbond substituents is 4. The van der Waals surface area contributed by atoms with Crippen molar-refractivity contribution in [1.82, 2.24) is 0 Å². The molecule has 0 fully saturated rings. The SMILES string of the molecule is Bc1c(C)c(C)c2c3c4c5c(c(O)c(C)c6sc7c(O)c(C)c(C)c8c(C)c(C)c(C)c(c78)c(c13)c65)Cc1c(C)c(-c3c(C)c5c6c(c3O)Cc3c(C)c(C)c(C)c7c3-c3c(c(O)c(C)c(c3-6)C5)C7)c(C)c(c1-4)C2. The first-order chi connectivity index (χ1) is 35.1. The minimum Gasteiger partial charge on any atom is -0.507 e. The minimum atomic E-state index is 0.333. The molecule has 0 amide bonds. The van der Waals surface area contributed by atoms with E-state index in [1.165, 1.54) is 160 Å². The zero-order chi connectivity index (χ0) is 52.0. The van der Waals surface area contributed by atoms with Gasteiger partial charge >= 0.3 is 0 Å². The lowest BCUT2D eigenvalue weighted by Crippen LogP contribution is -2.20. The fraction of sp³-hybridized carbons (Fsp3) is 0.294. The fourth-order valence-corrected chi connectivity index (χ4v) is 17.9. The minimum absolute atomic E-state index is 0.333. The van der Waals surface area contributed by atoms with Crippen LogP contribution in [0.1, 0.15) is 139 Å². The molecule has 74 heavy (non-hydrogen) atoms. The van der Waals surface area contributed by atoms with Crippen LogP contribution in [-0.4, -0.2) is 28.3 Å². The monoisotopic (exact) mass is 984 g/mol. The number of hydrogen-bond donors (Lipinski definition) is 4. The van der Waals surface area contributed by atoms with Gasteiger partial charge in [-0.25, -0.2) is 0 Å². The average molecular weight is 985 g/mol. The summed E-state index contributed by atoms with van der Waals surface area (Å²) in [5, 5.41) is 60.7. The molecule has 0 atom stereocenters. The van der Waals surface area contributed by atoms with E-state index in [0.29, 0.717) is 35.8 Å². The molecule has 4 N–H and O–H groups in total. The third-order valence-corrected chi connectivity index (χ3v) is 22.7. The first-order valence-corrected chi connectivity index (χ1v) is 27.7. The summed E-state index contributed by atoms with van der Waals surface area (Å²) >= 11 is 1.65. The highest BCUT2D eigenvalue weighted by atomic mass is 32.1. The van der Waals surface area contributed by atoms with E-state index in [1.54, 1.807) is 11.3 Å². The molecule has 0 spiro atoms. The lowest BCUT2D eigenvalue weighted by atomic mass is 9.66. The Labute approximate surface area is 437 Å². The maximum atomic E-state index is 13.5. The number of aromatic hydroxyl groups is 4. The molecule has 9 aromatic carbocycles. The van der Waals surface area contributed by atoms with E-state index in [-0.39, 0.29) is 0 Å². The Morgan fingerprint density at radius 1 is 0.243 bits per heavy atom. The molecule has 0 saturated heterocycles. The van der Waals surface area contributed by atoms with Gasteiger partial charge in [0.2, 0.25) is 0 Å². The zero-order valence-electron chi connectivity index (χ0n) is 45.7. The normalized spacial score (nSPS) is 14.1. The van der Waals surface area contributed by atoms with Crippen LogP contribution in [-0.2, 0) is 32.1 Å². The molecule has 5 aliphatic carbocycles. The predicted octanol–water partition coefficient (Wildman–Crippen LogP) is 15.4. The van der Waals surface area contributed by atoms with E-state index in [0.717, 1.165) is 101 Å². The van der Waals surface area contributed by atoms with Crippen molar-refractivity contribution in [1.29, 1.82) is 0 Å². The van der Waals surface area contributed by atoms with Gasteiger partial charge in [-0.05, 0) is 299 Å². The molecule has 0 unspecified atom stereocenters. The third-order valence-electron chi connectivity index (χ3n) is 21.4. The smallest absolute Gasteiger partial charge is 0.140 e. The summed E-state index contributed by atoms with van der Waals surface area (Å²) in [5.41, 5.74) is 40.4. The first kappa shape index (κ1) is 44.7. The summed E-state index contributed by atoms with van der Waals surface area (Å²) in [4.78, 5) is 0. The second-order valence-electron chi connectivity index (χ2n) is 23.8. The lowest BCUT2D eigenvalue weighted by Gasteiger charge is -2.36. The molecule has 0 aliphatic heterocycles. The van der Waals surface area contributed by atoms with Crippen LogP contribution in [0, 0.1) is 104 Å². The van der Waals surface area contributed by atoms with Gasteiger partial charge in [0.1, 0.15) is 30.8 Å². The average Bonchev–Trinajstić information content (AvgIpc) is 3.90. The summed E-state index contributed by atoms with van der Waals surface area (Å²) in [6, 6.07) is 0. The molecule has 10 aromatic rings. The lowest BCUT2D eigenvalue weighted by molar-refractivity contribution is 0.465. The van der Waals surface area contributed by atoms with Gasteiger partial charge in [0.15, 0.2) is 0 Å². The Morgan fingerprint density at radius 3 is 1.31 bits per heavy atom. The number of hydrogen-bond acceptors (Lipinski definition) is 5. The highest BCUT2D eigenvalue weighted by Gasteiger charge is 2.43. The van der Waals surface area contributed by atoms with Crippen molar-refractivity contribution >= 4 is 77.1 Å². The highest BCUT2D eigenvalue weighted by Crippen LogP contribution is 2.64. The van der Waals surface area contributed by atoms with Gasteiger partial charge in [-0.2, -0.15) is 0 Å². The Kier molecular flexibility index (Phi) is 8.30. The van der Waals surface area contributed by atoms with Crippen LogP contribution in [0.4, 0.5) is 0 Å². The van der Waals surface area contributed by atoms with Gasteiger partial charge in [-0.15, -0.1) is 11.3 Å². The van der Waals surface area contributed by atoms with Crippen molar-refractivity contribution in [2.45, 2.75) is 136 Å². The Balaban J connectivity index is 1.11. The van der Waals surface area contributed by atoms with Crippen molar-refractivity contribution in [2.75, 3.05) is 0 Å². The van der Waals surface area contributed by atoms with Crippen molar-refractivity contribution in [2.24, 2.45) is 0 Å². The molecule has 4 nitrogen and oxygen atoms in total. The van der Waals surface area contributed by atoms with Gasteiger partial charge < -0.3 is 20.4 Å². The number of aryl methyl sites for hydroxylation is 4. The summed E-state index contributed by atoms with van der Waals surface area (Å²) in [5.74, 6) is 1.48. The molecule has 0 radical (unpaired) electrons. The Morgan fingerprint density at radius 2 is 0.662 bits per heavy atom. The van der Waals surface area contributed by atoms with E-state index in [9.17, 15) is 20.4 Å². The second-order valence-corrected chi connectivity index (χ2v) is 24.8. The molecule has 0 saturated carbocycles. The summed E-state index contributed by atoms with van der Waals surface area (Å²) in [6.07, 6.45) is 3.40. The van der Waals surface area contributed by atoms with Gasteiger partial charge in [0.25, 0.3) is 0 Å². The van der Waals surface area contributed by atoms with Crippen molar-refractivity contribution in [3.05, 3.63) is 139 Å². The van der Waals surface area contributed by atoms with Crippen molar-refractivity contribution in [3.63, 3.8) is 0 Å². The van der Waals surface area contributed by atoms with Crippen LogP contribution in [0.5, 0.6) is 23.0 Å². The molecule has 366 valence electrons. The molecule has 0 bridgehead atoms. The van der Waals surface area contributed by atoms with Gasteiger partial charge in [-0.1, -0.05) is 11.0 Å². The number of benzene rings is 9. The summed E-state index contributed by atoms with van der Waals surface area (Å²) < 4.78 is 1.91. The highest BCUT2D eigenvalue weighted by molar-refractivity contribution is 7.25. The van der Waals surface area contributed by atoms with Crippen LogP contribution in [0.25, 0.3) is 97.0 Å². The summed E-state index contributed by atoms with van der Waals surface area (Å²) in [7, 11) is 2.33. The topological polar surface area (TPSA) is 80.9 Å². The molecule has 1 heterocycles. The van der Waals surface area contributed by atoms with Crippen LogP contribution in [0.3, 0.4) is 0 Å². The van der Waals surface area contributed by atoms with E-state index >= 15 is 0 Å². The first-order valence-electron chi connectivity index (χ1n) is 26.8. The van der Waals surface area contributed by atoms with Gasteiger partial charge in [0.05, 0.1) is 4.70 Å². The molecule has 15 rings (SSSR count). The van der Waals surface area contributed by atoms with Crippen molar-refractivity contribution in [3.8, 4) is 67.5 Å². The molecule has 1 aromatic heterocycles. The van der Waals surface area contributed by atoms with E-state index < -0.39 is 0 Å². The number of phenols is 4. The Hall–Kier alpha value is -6.76. The van der Waals surface area contributed by atoms with E-state index in [4.69, 9.17) is 0 Å². The molecule has 5 aliphatic rings. The standard InChI is InChI=1S/C68H61BO4S/c1-21-23(3)36-18-43-52-40(17-42-34(14)63(70)44-19-37(24(21)4)50(36)55(44)53(42)52)33(13)49(66(43)73)47-31(11)39-16-38-25(5)29(9)62(69)59-54(38)58-51(39)41(32(47)12)20-45-56(58)61-57(59)48-27(7)22(2)26(6)46-28(8)30(10)65(72)68(60(46)48)74-67(61)35(15)64(45)71/h70-73H,16-20,69H2,1-15H3. The molecular formula is C68H61BO4S. The molecule has 6 heteroatoms. The van der Waals surface area contributed by atoms with Crippen LogP contribution in [0.2, 0.25) is 0 Å².